The molecule has 0 N–H and O–H groups in total. The van der Waals surface area contributed by atoms with Crippen molar-refractivity contribution in [3.05, 3.63) is 11.6 Å². The lowest BCUT2D eigenvalue weighted by atomic mass is 10.3. The van der Waals surface area contributed by atoms with Crippen LogP contribution in [0.2, 0.25) is 0 Å². The Morgan fingerprint density at radius 2 is 2.10 bits per heavy atom. The second kappa shape index (κ2) is 3.47. The van der Waals surface area contributed by atoms with Crippen molar-refractivity contribution in [2.24, 2.45) is 0 Å². The van der Waals surface area contributed by atoms with Gasteiger partial charge in [0.25, 0.3) is 0 Å². The molecule has 0 nitrogen and oxygen atoms in total. The van der Waals surface area contributed by atoms with Gasteiger partial charge >= 0.3 is 0 Å². The van der Waals surface area contributed by atoms with Crippen molar-refractivity contribution in [3.8, 4) is 0 Å². The van der Waals surface area contributed by atoms with Crippen molar-refractivity contribution >= 4 is 11.8 Å². The van der Waals surface area contributed by atoms with Gasteiger partial charge in [0.05, 0.1) is 0 Å². The molecule has 0 amide bonds. The Morgan fingerprint density at radius 3 is 2.50 bits per heavy atom. The van der Waals surface area contributed by atoms with Crippen LogP contribution in [0, 0.1) is 0 Å². The number of hydrogen-bond donors (Lipinski definition) is 0. The Balaban J connectivity index is 2.19. The average molecular weight is 156 g/mol. The van der Waals surface area contributed by atoms with Crippen LogP contribution < -0.4 is 0 Å². The van der Waals surface area contributed by atoms with E-state index in [1.54, 1.807) is 0 Å². The van der Waals surface area contributed by atoms with E-state index >= 15 is 0 Å². The van der Waals surface area contributed by atoms with Gasteiger partial charge in [0, 0.05) is 10.5 Å². The Kier molecular flexibility index (Phi) is 2.84. The van der Waals surface area contributed by atoms with Gasteiger partial charge in [-0.25, -0.2) is 0 Å². The zero-order valence-corrected chi connectivity index (χ0v) is 7.87. The highest BCUT2D eigenvalue weighted by atomic mass is 32.2. The summed E-state index contributed by atoms with van der Waals surface area (Å²) in [5.74, 6) is 0. The lowest BCUT2D eigenvalue weighted by Gasteiger charge is -2.04. The Morgan fingerprint density at radius 1 is 1.50 bits per heavy atom. The number of rotatable bonds is 3. The van der Waals surface area contributed by atoms with Crippen LogP contribution in [0.3, 0.4) is 0 Å². The molecule has 0 heterocycles. The van der Waals surface area contributed by atoms with Crippen molar-refractivity contribution < 1.29 is 0 Å². The Labute approximate surface area is 68.1 Å². The second-order valence-electron chi connectivity index (χ2n) is 3.28. The molecule has 1 aliphatic rings. The standard InChI is InChI=1S/C9H16S/c1-7(2)6-8(3)10-9-4-5-9/h6,8-9H,4-5H2,1-3H3. The van der Waals surface area contributed by atoms with E-state index in [1.807, 2.05) is 0 Å². The lowest BCUT2D eigenvalue weighted by Crippen LogP contribution is -1.92. The van der Waals surface area contributed by atoms with Crippen LogP contribution in [-0.4, -0.2) is 10.5 Å². The molecule has 0 aromatic heterocycles. The highest BCUT2D eigenvalue weighted by Crippen LogP contribution is 2.37. The van der Waals surface area contributed by atoms with Crippen molar-refractivity contribution in [3.63, 3.8) is 0 Å². The summed E-state index contributed by atoms with van der Waals surface area (Å²) in [6, 6.07) is 0. The summed E-state index contributed by atoms with van der Waals surface area (Å²) in [5, 5.41) is 1.73. The first-order valence-corrected chi connectivity index (χ1v) is 4.93. The largest absolute Gasteiger partial charge is 0.151 e. The van der Waals surface area contributed by atoms with Crippen molar-refractivity contribution in [2.75, 3.05) is 0 Å². The highest BCUT2D eigenvalue weighted by molar-refractivity contribution is 8.00. The molecule has 0 bridgehead atoms. The maximum absolute atomic E-state index is 2.35. The highest BCUT2D eigenvalue weighted by Gasteiger charge is 2.23. The molecule has 0 aliphatic heterocycles. The van der Waals surface area contributed by atoms with Gasteiger partial charge in [-0.2, -0.15) is 11.8 Å². The van der Waals surface area contributed by atoms with Gasteiger partial charge < -0.3 is 0 Å². The van der Waals surface area contributed by atoms with Gasteiger partial charge in [0.2, 0.25) is 0 Å². The minimum Gasteiger partial charge on any atom is -0.151 e. The molecular formula is C9H16S. The van der Waals surface area contributed by atoms with E-state index in [4.69, 9.17) is 0 Å². The maximum atomic E-state index is 2.35. The first-order chi connectivity index (χ1) is 4.68. The van der Waals surface area contributed by atoms with Crippen LogP contribution in [-0.2, 0) is 0 Å². The molecular weight excluding hydrogens is 140 g/mol. The van der Waals surface area contributed by atoms with Gasteiger partial charge in [-0.15, -0.1) is 0 Å². The van der Waals surface area contributed by atoms with Gasteiger partial charge in [-0.05, 0) is 33.6 Å². The third kappa shape index (κ3) is 3.31. The minimum atomic E-state index is 0.734. The van der Waals surface area contributed by atoms with Crippen LogP contribution in [0.1, 0.15) is 33.6 Å². The Bertz CT molecular complexity index is 130. The fraction of sp³-hybridized carbons (Fsp3) is 0.778. The number of thioether (sulfide) groups is 1. The van der Waals surface area contributed by atoms with Crippen LogP contribution in [0.25, 0.3) is 0 Å². The third-order valence-corrected chi connectivity index (χ3v) is 2.92. The predicted molar refractivity (Wildman–Crippen MR) is 49.5 cm³/mol. The van der Waals surface area contributed by atoms with Crippen LogP contribution in [0.5, 0.6) is 0 Å². The molecule has 0 spiro atoms. The van der Waals surface area contributed by atoms with E-state index in [9.17, 15) is 0 Å². The molecule has 1 rings (SSSR count). The predicted octanol–water partition coefficient (Wildman–Crippen LogP) is 3.24. The van der Waals surface area contributed by atoms with E-state index in [1.165, 1.54) is 18.4 Å². The maximum Gasteiger partial charge on any atom is 0.0203 e. The van der Waals surface area contributed by atoms with E-state index < -0.39 is 0 Å². The van der Waals surface area contributed by atoms with E-state index in [2.05, 4.69) is 38.6 Å². The van der Waals surface area contributed by atoms with E-state index in [0.717, 1.165) is 10.5 Å². The molecule has 1 aliphatic carbocycles. The first kappa shape index (κ1) is 8.19. The molecule has 1 fully saturated rings. The van der Waals surface area contributed by atoms with E-state index in [-0.39, 0.29) is 0 Å². The quantitative estimate of drug-likeness (QED) is 0.565. The monoisotopic (exact) mass is 156 g/mol. The van der Waals surface area contributed by atoms with Crippen molar-refractivity contribution in [1.29, 1.82) is 0 Å². The summed E-state index contributed by atoms with van der Waals surface area (Å²) in [5.41, 5.74) is 1.45. The van der Waals surface area contributed by atoms with E-state index in [0.29, 0.717) is 0 Å². The van der Waals surface area contributed by atoms with Gasteiger partial charge in [-0.3, -0.25) is 0 Å². The average Bonchev–Trinajstić information content (AvgIpc) is 2.46. The topological polar surface area (TPSA) is 0 Å². The van der Waals surface area contributed by atoms with Crippen LogP contribution in [0.4, 0.5) is 0 Å². The van der Waals surface area contributed by atoms with Crippen LogP contribution in [0.15, 0.2) is 11.6 Å². The van der Waals surface area contributed by atoms with Crippen molar-refractivity contribution in [1.82, 2.24) is 0 Å². The molecule has 0 aromatic carbocycles. The minimum absolute atomic E-state index is 0.734. The molecule has 1 atom stereocenters. The van der Waals surface area contributed by atoms with Gasteiger partial charge in [0.15, 0.2) is 0 Å². The molecule has 0 radical (unpaired) electrons. The second-order valence-corrected chi connectivity index (χ2v) is 4.97. The number of allylic oxidation sites excluding steroid dienone is 1. The molecule has 10 heavy (non-hydrogen) atoms. The zero-order chi connectivity index (χ0) is 7.56. The summed E-state index contributed by atoms with van der Waals surface area (Å²) in [4.78, 5) is 0. The smallest absolute Gasteiger partial charge is 0.0203 e. The number of hydrogen-bond acceptors (Lipinski definition) is 1. The summed E-state index contributed by atoms with van der Waals surface area (Å²) < 4.78 is 0. The first-order valence-electron chi connectivity index (χ1n) is 3.99. The van der Waals surface area contributed by atoms with Gasteiger partial charge in [0.1, 0.15) is 0 Å². The molecule has 58 valence electrons. The lowest BCUT2D eigenvalue weighted by molar-refractivity contribution is 1.19. The summed E-state index contributed by atoms with van der Waals surface area (Å²) in [6.07, 6.45) is 5.25. The third-order valence-electron chi connectivity index (χ3n) is 1.50. The zero-order valence-electron chi connectivity index (χ0n) is 7.05. The summed E-state index contributed by atoms with van der Waals surface area (Å²) in [6.45, 7) is 6.63. The molecule has 0 saturated heterocycles. The van der Waals surface area contributed by atoms with Gasteiger partial charge in [-0.1, -0.05) is 11.6 Å². The van der Waals surface area contributed by atoms with Crippen molar-refractivity contribution in [2.45, 2.75) is 44.1 Å². The Hall–Kier alpha value is 0.0900. The van der Waals surface area contributed by atoms with Crippen LogP contribution >= 0.6 is 11.8 Å². The molecule has 1 unspecified atom stereocenters. The summed E-state index contributed by atoms with van der Waals surface area (Å²) >= 11 is 2.12. The normalized spacial score (nSPS) is 20.3. The molecule has 1 heteroatoms. The fourth-order valence-electron chi connectivity index (χ4n) is 1.02. The fourth-order valence-corrected chi connectivity index (χ4v) is 2.38. The molecule has 1 saturated carbocycles. The SMILES string of the molecule is CC(C)=CC(C)SC1CC1. The molecule has 0 aromatic rings. The summed E-state index contributed by atoms with van der Waals surface area (Å²) in [7, 11) is 0.